The Morgan fingerprint density at radius 1 is 0.895 bits per heavy atom. The second kappa shape index (κ2) is 13.9. The summed E-state index contributed by atoms with van der Waals surface area (Å²) in [5.41, 5.74) is 0.680. The molecule has 3 aromatic carbocycles. The molecule has 0 aliphatic heterocycles. The summed E-state index contributed by atoms with van der Waals surface area (Å²) >= 11 is 1.85. The van der Waals surface area contributed by atoms with Crippen LogP contribution < -0.4 is 19.5 Å². The number of benzene rings is 3. The van der Waals surface area contributed by atoms with E-state index in [4.69, 9.17) is 9.47 Å². The molecule has 1 saturated carbocycles. The summed E-state index contributed by atoms with van der Waals surface area (Å²) in [6, 6.07) is 21.1. The number of amides is 1. The smallest absolute Gasteiger partial charge is 0.337 e. The Balaban J connectivity index is 1.24. The highest BCUT2D eigenvalue weighted by atomic mass is 32.2. The quantitative estimate of drug-likeness (QED) is 0.168. The van der Waals surface area contributed by atoms with Gasteiger partial charge in [0.2, 0.25) is 0 Å². The maximum atomic E-state index is 12.6. The van der Waals surface area contributed by atoms with Crippen molar-refractivity contribution in [3.05, 3.63) is 83.9 Å². The number of nitrogens with one attached hydrogen (secondary N) is 2. The Labute approximate surface area is 228 Å². The molecular formula is C30H34N2O5S. The Morgan fingerprint density at radius 3 is 2.18 bits per heavy atom. The molecule has 1 fully saturated rings. The van der Waals surface area contributed by atoms with Crippen molar-refractivity contribution in [2.75, 3.05) is 11.1 Å². The number of para-hydroxylation sites is 1. The van der Waals surface area contributed by atoms with Crippen LogP contribution in [0.5, 0.6) is 17.2 Å². The van der Waals surface area contributed by atoms with E-state index in [1.54, 1.807) is 42.5 Å². The lowest BCUT2D eigenvalue weighted by Gasteiger charge is -2.29. The molecule has 0 spiro atoms. The van der Waals surface area contributed by atoms with Crippen LogP contribution in [0.4, 0.5) is 5.69 Å². The van der Waals surface area contributed by atoms with E-state index in [9.17, 15) is 14.7 Å². The van der Waals surface area contributed by atoms with E-state index in [0.717, 1.165) is 31.4 Å². The van der Waals surface area contributed by atoms with E-state index in [0.29, 0.717) is 23.1 Å². The minimum absolute atomic E-state index is 0.0369. The van der Waals surface area contributed by atoms with Crippen molar-refractivity contribution >= 4 is 29.5 Å². The van der Waals surface area contributed by atoms with Gasteiger partial charge in [0.1, 0.15) is 17.2 Å². The zero-order chi connectivity index (χ0) is 26.7. The SMILES string of the molecule is CCCCSNC1CCC(Oc2ccc(Oc3ccc(C(=O)Nc4ccccc4C(=O)O)cc3)cc2)CC1. The van der Waals surface area contributed by atoms with Crippen LogP contribution in [-0.2, 0) is 0 Å². The first-order valence-corrected chi connectivity index (χ1v) is 14.1. The molecule has 0 heterocycles. The predicted octanol–water partition coefficient (Wildman–Crippen LogP) is 7.16. The van der Waals surface area contributed by atoms with Crippen molar-refractivity contribution in [1.29, 1.82) is 0 Å². The second-order valence-electron chi connectivity index (χ2n) is 9.31. The van der Waals surface area contributed by atoms with Gasteiger partial charge < -0.3 is 19.9 Å². The topological polar surface area (TPSA) is 96.9 Å². The number of carbonyl (C=O) groups excluding carboxylic acids is 1. The van der Waals surface area contributed by atoms with Crippen molar-refractivity contribution in [3.63, 3.8) is 0 Å². The number of carboxylic acid groups (broad SMARTS) is 1. The van der Waals surface area contributed by atoms with Crippen molar-refractivity contribution in [2.24, 2.45) is 0 Å². The van der Waals surface area contributed by atoms with Gasteiger partial charge in [-0.1, -0.05) is 37.4 Å². The third-order valence-electron chi connectivity index (χ3n) is 6.41. The standard InChI is InChI=1S/C30H34N2O5S/c1-2-3-20-38-32-22-10-14-24(15-11-22)37-26-18-16-25(17-19-26)36-23-12-8-21(9-13-23)29(33)31-28-7-5-4-6-27(28)30(34)35/h4-9,12-13,16-19,22,24,32H,2-3,10-11,14-15,20H2,1H3,(H,31,33)(H,34,35). The van der Waals surface area contributed by atoms with Gasteiger partial charge in [-0.05, 0) is 92.8 Å². The molecule has 3 aromatic rings. The Hall–Kier alpha value is -3.49. The molecule has 1 amide bonds. The van der Waals surface area contributed by atoms with Gasteiger partial charge in [0, 0.05) is 17.4 Å². The fraction of sp³-hybridized carbons (Fsp3) is 0.333. The maximum Gasteiger partial charge on any atom is 0.337 e. The lowest BCUT2D eigenvalue weighted by molar-refractivity contribution is 0.0698. The van der Waals surface area contributed by atoms with Gasteiger partial charge in [0.15, 0.2) is 0 Å². The van der Waals surface area contributed by atoms with Crippen LogP contribution in [0.25, 0.3) is 0 Å². The molecule has 0 radical (unpaired) electrons. The number of hydrogen-bond acceptors (Lipinski definition) is 6. The van der Waals surface area contributed by atoms with E-state index in [-0.39, 0.29) is 17.4 Å². The largest absolute Gasteiger partial charge is 0.490 e. The van der Waals surface area contributed by atoms with Crippen molar-refractivity contribution in [2.45, 2.75) is 57.6 Å². The fourth-order valence-electron chi connectivity index (χ4n) is 4.25. The van der Waals surface area contributed by atoms with E-state index in [1.165, 1.54) is 24.7 Å². The van der Waals surface area contributed by atoms with E-state index >= 15 is 0 Å². The van der Waals surface area contributed by atoms with Gasteiger partial charge >= 0.3 is 5.97 Å². The molecule has 4 rings (SSSR count). The third-order valence-corrected chi connectivity index (χ3v) is 7.40. The van der Waals surface area contributed by atoms with E-state index in [2.05, 4.69) is 17.0 Å². The molecule has 0 atom stereocenters. The Bertz CT molecular complexity index is 1190. The highest BCUT2D eigenvalue weighted by molar-refractivity contribution is 7.97. The number of carboxylic acids is 1. The number of anilines is 1. The second-order valence-corrected chi connectivity index (χ2v) is 10.2. The van der Waals surface area contributed by atoms with Gasteiger partial charge in [-0.15, -0.1) is 0 Å². The number of aromatic carboxylic acids is 1. The summed E-state index contributed by atoms with van der Waals surface area (Å²) in [7, 11) is 0. The first-order chi connectivity index (χ1) is 18.5. The molecule has 0 aromatic heterocycles. The Kier molecular flexibility index (Phi) is 10.1. The van der Waals surface area contributed by atoms with Crippen molar-refractivity contribution in [1.82, 2.24) is 4.72 Å². The molecule has 8 heteroatoms. The van der Waals surface area contributed by atoms with Crippen molar-refractivity contribution in [3.8, 4) is 17.2 Å². The van der Waals surface area contributed by atoms with Gasteiger partial charge in [-0.3, -0.25) is 9.52 Å². The molecule has 7 nitrogen and oxygen atoms in total. The van der Waals surface area contributed by atoms with Gasteiger partial charge in [0.05, 0.1) is 17.4 Å². The zero-order valence-corrected chi connectivity index (χ0v) is 22.3. The van der Waals surface area contributed by atoms with Gasteiger partial charge in [-0.2, -0.15) is 0 Å². The lowest BCUT2D eigenvalue weighted by Crippen LogP contribution is -2.33. The van der Waals surface area contributed by atoms with Gasteiger partial charge in [0.25, 0.3) is 5.91 Å². The molecule has 3 N–H and O–H groups in total. The average Bonchev–Trinajstić information content (AvgIpc) is 2.93. The molecule has 0 bridgehead atoms. The molecular weight excluding hydrogens is 500 g/mol. The fourth-order valence-corrected chi connectivity index (χ4v) is 5.28. The summed E-state index contributed by atoms with van der Waals surface area (Å²) in [6.45, 7) is 2.22. The normalized spacial score (nSPS) is 17.0. The van der Waals surface area contributed by atoms with E-state index in [1.807, 2.05) is 36.2 Å². The molecule has 0 unspecified atom stereocenters. The maximum absolute atomic E-state index is 12.6. The average molecular weight is 535 g/mol. The van der Waals surface area contributed by atoms with Crippen LogP contribution in [0.3, 0.4) is 0 Å². The highest BCUT2D eigenvalue weighted by Gasteiger charge is 2.22. The van der Waals surface area contributed by atoms with Crippen LogP contribution in [0.15, 0.2) is 72.8 Å². The summed E-state index contributed by atoms with van der Waals surface area (Å²) in [5, 5.41) is 11.9. The Morgan fingerprint density at radius 2 is 1.53 bits per heavy atom. The molecule has 200 valence electrons. The van der Waals surface area contributed by atoms with Crippen LogP contribution in [0, 0.1) is 0 Å². The summed E-state index contributed by atoms with van der Waals surface area (Å²) in [6.07, 6.45) is 7.08. The van der Waals surface area contributed by atoms with Crippen LogP contribution in [0.1, 0.15) is 66.2 Å². The highest BCUT2D eigenvalue weighted by Crippen LogP contribution is 2.28. The lowest BCUT2D eigenvalue weighted by atomic mass is 9.94. The number of hydrogen-bond donors (Lipinski definition) is 3. The summed E-state index contributed by atoms with van der Waals surface area (Å²) in [5.74, 6) is 1.76. The number of unbranched alkanes of at least 4 members (excludes halogenated alkanes) is 1. The summed E-state index contributed by atoms with van der Waals surface area (Å²) < 4.78 is 15.7. The summed E-state index contributed by atoms with van der Waals surface area (Å²) in [4.78, 5) is 23.9. The molecule has 1 aliphatic carbocycles. The minimum atomic E-state index is -1.10. The van der Waals surface area contributed by atoms with Crippen LogP contribution >= 0.6 is 11.9 Å². The van der Waals surface area contributed by atoms with E-state index < -0.39 is 11.9 Å². The number of ether oxygens (including phenoxy) is 2. The van der Waals surface area contributed by atoms with Gasteiger partial charge in [-0.25, -0.2) is 4.79 Å². The predicted molar refractivity (Wildman–Crippen MR) is 151 cm³/mol. The first kappa shape index (κ1) is 27.5. The molecule has 38 heavy (non-hydrogen) atoms. The molecule has 0 saturated heterocycles. The number of rotatable bonds is 12. The van der Waals surface area contributed by atoms with Crippen LogP contribution in [-0.4, -0.2) is 34.9 Å². The molecule has 1 aliphatic rings. The minimum Gasteiger partial charge on any atom is -0.490 e. The van der Waals surface area contributed by atoms with Crippen molar-refractivity contribution < 1.29 is 24.2 Å². The first-order valence-electron chi connectivity index (χ1n) is 13.1. The number of carbonyl (C=O) groups is 2. The monoisotopic (exact) mass is 534 g/mol. The third kappa shape index (κ3) is 8.00. The van der Waals surface area contributed by atoms with Crippen LogP contribution in [0.2, 0.25) is 0 Å². The zero-order valence-electron chi connectivity index (χ0n) is 21.5.